The maximum atomic E-state index is 5.02. The van der Waals surface area contributed by atoms with Crippen LogP contribution in [0.5, 0.6) is 0 Å². The highest BCUT2D eigenvalue weighted by Crippen LogP contribution is 2.10. The van der Waals surface area contributed by atoms with Crippen LogP contribution in [0, 0.1) is 4.84 Å². The van der Waals surface area contributed by atoms with Gasteiger partial charge in [0.25, 0.3) is 10.7 Å². The zero-order chi connectivity index (χ0) is 13.9. The quantitative estimate of drug-likeness (QED) is 0.647. The molecule has 0 fully saturated rings. The Labute approximate surface area is 117 Å². The summed E-state index contributed by atoms with van der Waals surface area (Å²) in [6.07, 6.45) is 7.18. The standard InChI is InChI=1S/C6H4N4OS.C6H15N/c12-6-10-9-5(11-6)4-3-7-1-2-8-4;1-3-5-7-6-4-2/h1-3H,(H,10,12);7H,3-6H2,1-2H3. The van der Waals surface area contributed by atoms with Crippen LogP contribution in [0.15, 0.2) is 23.0 Å². The van der Waals surface area contributed by atoms with Crippen molar-refractivity contribution in [3.8, 4) is 11.6 Å². The Morgan fingerprint density at radius 2 is 2.00 bits per heavy atom. The number of hydrogen-bond acceptors (Lipinski definition) is 6. The first kappa shape index (κ1) is 15.5. The highest BCUT2D eigenvalue weighted by atomic mass is 32.1. The fraction of sp³-hybridized carbons (Fsp3) is 0.500. The van der Waals surface area contributed by atoms with Crippen molar-refractivity contribution in [2.45, 2.75) is 26.7 Å². The van der Waals surface area contributed by atoms with Crippen LogP contribution in [0.25, 0.3) is 11.6 Å². The van der Waals surface area contributed by atoms with E-state index in [4.69, 9.17) is 16.6 Å². The number of aromatic nitrogens is 4. The van der Waals surface area contributed by atoms with Crippen molar-refractivity contribution in [1.29, 1.82) is 0 Å². The highest BCUT2D eigenvalue weighted by molar-refractivity contribution is 7.71. The van der Waals surface area contributed by atoms with Crippen molar-refractivity contribution >= 4 is 12.2 Å². The zero-order valence-electron chi connectivity index (χ0n) is 11.2. The number of nitrogens with zero attached hydrogens (tertiary/aromatic N) is 3. The van der Waals surface area contributed by atoms with E-state index in [0.29, 0.717) is 11.6 Å². The minimum absolute atomic E-state index is 0.232. The number of rotatable bonds is 5. The molecule has 6 nitrogen and oxygen atoms in total. The Morgan fingerprint density at radius 1 is 1.26 bits per heavy atom. The van der Waals surface area contributed by atoms with Crippen molar-refractivity contribution in [3.63, 3.8) is 0 Å². The van der Waals surface area contributed by atoms with Gasteiger partial charge in [0.15, 0.2) is 0 Å². The van der Waals surface area contributed by atoms with Crippen LogP contribution < -0.4 is 5.32 Å². The summed E-state index contributed by atoms with van der Waals surface area (Å²) >= 11 is 4.70. The monoisotopic (exact) mass is 281 g/mol. The Kier molecular flexibility index (Phi) is 7.60. The van der Waals surface area contributed by atoms with E-state index in [1.54, 1.807) is 18.6 Å². The molecule has 0 aliphatic heterocycles. The van der Waals surface area contributed by atoms with Crippen molar-refractivity contribution < 1.29 is 4.42 Å². The van der Waals surface area contributed by atoms with E-state index in [0.717, 1.165) is 0 Å². The molecule has 0 amide bonds. The fourth-order valence-corrected chi connectivity index (χ4v) is 1.35. The van der Waals surface area contributed by atoms with Crippen LogP contribution in [-0.2, 0) is 0 Å². The largest absolute Gasteiger partial charge is 0.408 e. The van der Waals surface area contributed by atoms with E-state index in [-0.39, 0.29) is 4.84 Å². The van der Waals surface area contributed by atoms with Gasteiger partial charge in [0.1, 0.15) is 5.69 Å². The first-order chi connectivity index (χ1) is 9.27. The molecule has 7 heteroatoms. The van der Waals surface area contributed by atoms with Gasteiger partial charge in [-0.25, -0.2) is 10.1 Å². The molecule has 0 radical (unpaired) electrons. The van der Waals surface area contributed by atoms with Crippen LogP contribution in [0.1, 0.15) is 26.7 Å². The summed E-state index contributed by atoms with van der Waals surface area (Å²) in [4.78, 5) is 8.07. The second kappa shape index (κ2) is 9.35. The first-order valence-corrected chi connectivity index (χ1v) is 6.71. The Balaban J connectivity index is 0.000000224. The molecular formula is C12H19N5OS. The van der Waals surface area contributed by atoms with E-state index >= 15 is 0 Å². The maximum absolute atomic E-state index is 5.02. The summed E-state index contributed by atoms with van der Waals surface area (Å²) in [6.45, 7) is 6.72. The van der Waals surface area contributed by atoms with Crippen LogP contribution in [0.3, 0.4) is 0 Å². The van der Waals surface area contributed by atoms with E-state index in [9.17, 15) is 0 Å². The second-order valence-corrected chi connectivity index (χ2v) is 4.13. The molecule has 0 bridgehead atoms. The van der Waals surface area contributed by atoms with E-state index in [1.165, 1.54) is 25.9 Å². The summed E-state index contributed by atoms with van der Waals surface area (Å²) in [5.41, 5.74) is 0.560. The molecule has 0 aliphatic rings. The van der Waals surface area contributed by atoms with Crippen molar-refractivity contribution in [2.24, 2.45) is 0 Å². The Bertz CT molecular complexity index is 492. The van der Waals surface area contributed by atoms with Gasteiger partial charge in [0, 0.05) is 12.4 Å². The van der Waals surface area contributed by atoms with Gasteiger partial charge in [-0.05, 0) is 38.1 Å². The van der Waals surface area contributed by atoms with Crippen molar-refractivity contribution in [3.05, 3.63) is 23.4 Å². The third-order valence-electron chi connectivity index (χ3n) is 2.07. The van der Waals surface area contributed by atoms with Crippen LogP contribution in [0.4, 0.5) is 0 Å². The molecule has 0 aromatic carbocycles. The number of nitrogens with one attached hydrogen (secondary N) is 2. The van der Waals surface area contributed by atoms with Gasteiger partial charge in [-0.2, -0.15) is 0 Å². The van der Waals surface area contributed by atoms with Gasteiger partial charge >= 0.3 is 0 Å². The molecule has 2 N–H and O–H groups in total. The lowest BCUT2D eigenvalue weighted by Crippen LogP contribution is -2.14. The average molecular weight is 281 g/mol. The molecule has 19 heavy (non-hydrogen) atoms. The maximum Gasteiger partial charge on any atom is 0.284 e. The third-order valence-corrected chi connectivity index (χ3v) is 2.25. The zero-order valence-corrected chi connectivity index (χ0v) is 12.0. The predicted octanol–water partition coefficient (Wildman–Crippen LogP) is 2.59. The summed E-state index contributed by atoms with van der Waals surface area (Å²) in [5.74, 6) is 0.355. The molecule has 0 atom stereocenters. The lowest BCUT2D eigenvalue weighted by atomic mass is 10.4. The lowest BCUT2D eigenvalue weighted by Gasteiger charge is -1.95. The van der Waals surface area contributed by atoms with Gasteiger partial charge in [-0.3, -0.25) is 4.98 Å². The third kappa shape index (κ3) is 6.21. The average Bonchev–Trinajstić information content (AvgIpc) is 2.88. The number of hydrogen-bond donors (Lipinski definition) is 2. The Hall–Kier alpha value is -1.60. The molecule has 0 spiro atoms. The van der Waals surface area contributed by atoms with Gasteiger partial charge in [0.05, 0.1) is 6.20 Å². The molecule has 0 saturated carbocycles. The lowest BCUT2D eigenvalue weighted by molar-refractivity contribution is 0.549. The smallest absolute Gasteiger partial charge is 0.284 e. The molecule has 2 rings (SSSR count). The van der Waals surface area contributed by atoms with Gasteiger partial charge < -0.3 is 9.73 Å². The van der Waals surface area contributed by atoms with Crippen LogP contribution in [0.2, 0.25) is 0 Å². The molecule has 2 heterocycles. The van der Waals surface area contributed by atoms with Gasteiger partial charge in [-0.15, -0.1) is 5.10 Å². The minimum Gasteiger partial charge on any atom is -0.408 e. The first-order valence-electron chi connectivity index (χ1n) is 6.30. The normalized spacial score (nSPS) is 9.79. The number of aromatic amines is 1. The van der Waals surface area contributed by atoms with Crippen molar-refractivity contribution in [1.82, 2.24) is 25.5 Å². The predicted molar refractivity (Wildman–Crippen MR) is 76.2 cm³/mol. The van der Waals surface area contributed by atoms with Gasteiger partial charge in [-0.1, -0.05) is 13.8 Å². The Morgan fingerprint density at radius 3 is 2.47 bits per heavy atom. The minimum atomic E-state index is 0.232. The summed E-state index contributed by atoms with van der Waals surface area (Å²) in [6, 6.07) is 0. The van der Waals surface area contributed by atoms with Crippen LogP contribution in [-0.4, -0.2) is 33.3 Å². The van der Waals surface area contributed by atoms with Crippen LogP contribution >= 0.6 is 12.2 Å². The molecule has 2 aromatic rings. The molecular weight excluding hydrogens is 262 g/mol. The summed E-state index contributed by atoms with van der Waals surface area (Å²) in [7, 11) is 0. The van der Waals surface area contributed by atoms with E-state index in [1.807, 2.05) is 0 Å². The fourth-order valence-electron chi connectivity index (χ4n) is 1.23. The SMILES string of the molecule is CCCNCCC.S=c1[nH]nc(-c2cnccn2)o1. The molecule has 0 saturated heterocycles. The second-order valence-electron chi connectivity index (χ2n) is 3.76. The molecule has 104 valence electrons. The summed E-state index contributed by atoms with van der Waals surface area (Å²) in [5, 5.41) is 9.57. The molecule has 0 aliphatic carbocycles. The van der Waals surface area contributed by atoms with Gasteiger partial charge in [0.2, 0.25) is 0 Å². The molecule has 0 unspecified atom stereocenters. The molecule has 2 aromatic heterocycles. The summed E-state index contributed by atoms with van der Waals surface area (Å²) < 4.78 is 5.02. The number of H-pyrrole nitrogens is 1. The van der Waals surface area contributed by atoms with E-state index in [2.05, 4.69) is 39.3 Å². The van der Waals surface area contributed by atoms with Crippen molar-refractivity contribution in [2.75, 3.05) is 13.1 Å². The highest BCUT2D eigenvalue weighted by Gasteiger charge is 2.03. The topological polar surface area (TPSA) is 79.6 Å². The van der Waals surface area contributed by atoms with E-state index < -0.39 is 0 Å².